The lowest BCUT2D eigenvalue weighted by atomic mass is 10.1. The van der Waals surface area contributed by atoms with Crippen LogP contribution in [-0.2, 0) is 12.8 Å². The molecule has 5 rings (SSSR count). The van der Waals surface area contributed by atoms with E-state index >= 15 is 4.39 Å². The molecule has 0 aliphatic carbocycles. The largest absolute Gasteiger partial charge is 0.469 e. The molecule has 2 aromatic heterocycles. The number of nitrogens with zero attached hydrogens (tertiary/aromatic N) is 3. The Labute approximate surface area is 191 Å². The number of anilines is 1. The molecular weight excluding hydrogens is 446 g/mol. The fourth-order valence-electron chi connectivity index (χ4n) is 4.04. The number of carbonyl (C=O) groups excluding carboxylic acids is 1. The van der Waals surface area contributed by atoms with Gasteiger partial charge >= 0.3 is 17.4 Å². The van der Waals surface area contributed by atoms with Crippen LogP contribution in [0.15, 0.2) is 71.5 Å². The quantitative estimate of drug-likeness (QED) is 0.263. The van der Waals surface area contributed by atoms with Crippen molar-refractivity contribution < 1.29 is 27.5 Å². The van der Waals surface area contributed by atoms with Crippen molar-refractivity contribution in [1.29, 1.82) is 0 Å². The monoisotopic (exact) mass is 463 g/mol. The summed E-state index contributed by atoms with van der Waals surface area (Å²) in [6.45, 7) is 0. The van der Waals surface area contributed by atoms with E-state index in [2.05, 4.69) is 10.3 Å². The van der Waals surface area contributed by atoms with Gasteiger partial charge in [-0.1, -0.05) is 24.3 Å². The number of furan rings is 1. The molecule has 1 aliphatic rings. The van der Waals surface area contributed by atoms with E-state index in [1.165, 1.54) is 35.2 Å². The van der Waals surface area contributed by atoms with Gasteiger partial charge in [0.2, 0.25) is 11.9 Å². The van der Waals surface area contributed by atoms with E-state index in [9.17, 15) is 19.3 Å². The van der Waals surface area contributed by atoms with Crippen LogP contribution in [0, 0.1) is 21.7 Å². The maximum atomic E-state index is 15.0. The molecule has 0 saturated carbocycles. The highest BCUT2D eigenvalue weighted by Gasteiger charge is 2.44. The summed E-state index contributed by atoms with van der Waals surface area (Å²) in [6.07, 6.45) is 3.05. The number of benzene rings is 2. The summed E-state index contributed by atoms with van der Waals surface area (Å²) < 4.78 is 35.9. The van der Waals surface area contributed by atoms with Crippen molar-refractivity contribution in [2.45, 2.75) is 18.9 Å². The first-order chi connectivity index (χ1) is 16.4. The highest BCUT2D eigenvalue weighted by molar-refractivity contribution is 5.84. The SMILES string of the molecule is O=C1C(Cc2ccco2)Nc2c(Cc3ccccc3F)ncc(-c3cccc([N+](=O)[O-])c3F)[n+]21. The summed E-state index contributed by atoms with van der Waals surface area (Å²) in [5, 5.41) is 14.4. The molecule has 0 fully saturated rings. The Hall–Kier alpha value is -4.47. The van der Waals surface area contributed by atoms with E-state index in [0.29, 0.717) is 17.0 Å². The lowest BCUT2D eigenvalue weighted by Gasteiger charge is -2.08. The van der Waals surface area contributed by atoms with Gasteiger partial charge in [-0.3, -0.25) is 15.4 Å². The van der Waals surface area contributed by atoms with Gasteiger partial charge in [-0.15, -0.1) is 0 Å². The summed E-state index contributed by atoms with van der Waals surface area (Å²) in [6, 6.07) is 12.6. The van der Waals surface area contributed by atoms with Crippen molar-refractivity contribution in [3.8, 4) is 11.3 Å². The molecule has 10 heteroatoms. The predicted molar refractivity (Wildman–Crippen MR) is 116 cm³/mol. The predicted octanol–water partition coefficient (Wildman–Crippen LogP) is 4.08. The van der Waals surface area contributed by atoms with E-state index in [1.807, 2.05) is 0 Å². The van der Waals surface area contributed by atoms with Gasteiger partial charge in [-0.25, -0.2) is 14.2 Å². The van der Waals surface area contributed by atoms with Crippen LogP contribution in [0.1, 0.15) is 21.8 Å². The van der Waals surface area contributed by atoms with Crippen LogP contribution in [0.25, 0.3) is 11.3 Å². The molecular formula is C24H17F2N4O4+. The van der Waals surface area contributed by atoms with Gasteiger partial charge in [0.1, 0.15) is 17.3 Å². The second-order valence-electron chi connectivity index (χ2n) is 7.76. The third-order valence-corrected chi connectivity index (χ3v) is 5.66. The minimum absolute atomic E-state index is 0.0490. The van der Waals surface area contributed by atoms with Crippen LogP contribution in [0.4, 0.5) is 20.3 Å². The van der Waals surface area contributed by atoms with Gasteiger partial charge < -0.3 is 4.42 Å². The summed E-state index contributed by atoms with van der Waals surface area (Å²) in [5.74, 6) is -1.08. The van der Waals surface area contributed by atoms with Crippen molar-refractivity contribution in [2.75, 3.05) is 5.32 Å². The highest BCUT2D eigenvalue weighted by atomic mass is 19.1. The van der Waals surface area contributed by atoms with E-state index in [0.717, 1.165) is 6.07 Å². The van der Waals surface area contributed by atoms with Crippen LogP contribution in [0.3, 0.4) is 0 Å². The van der Waals surface area contributed by atoms with E-state index in [4.69, 9.17) is 4.42 Å². The molecule has 0 amide bonds. The van der Waals surface area contributed by atoms with Crippen molar-refractivity contribution in [1.82, 2.24) is 4.98 Å². The fourth-order valence-corrected chi connectivity index (χ4v) is 4.04. The molecule has 4 aromatic rings. The van der Waals surface area contributed by atoms with Crippen molar-refractivity contribution >= 4 is 17.4 Å². The first-order valence-corrected chi connectivity index (χ1v) is 10.4. The number of hydrogen-bond donors (Lipinski definition) is 1. The minimum Gasteiger partial charge on any atom is -0.469 e. The Morgan fingerprint density at radius 3 is 2.68 bits per heavy atom. The molecule has 170 valence electrons. The van der Waals surface area contributed by atoms with Crippen LogP contribution >= 0.6 is 0 Å². The zero-order valence-electron chi connectivity index (χ0n) is 17.6. The molecule has 1 atom stereocenters. The van der Waals surface area contributed by atoms with Crippen molar-refractivity contribution in [3.63, 3.8) is 0 Å². The zero-order valence-corrected chi connectivity index (χ0v) is 17.6. The van der Waals surface area contributed by atoms with Gasteiger partial charge in [0.05, 0.1) is 29.4 Å². The number of aromatic nitrogens is 2. The average molecular weight is 463 g/mol. The van der Waals surface area contributed by atoms with Crippen molar-refractivity contribution in [2.24, 2.45) is 0 Å². The highest BCUT2D eigenvalue weighted by Crippen LogP contribution is 2.30. The average Bonchev–Trinajstić information content (AvgIpc) is 3.45. The van der Waals surface area contributed by atoms with Gasteiger partial charge in [0.15, 0.2) is 5.69 Å². The molecule has 0 saturated heterocycles. The second-order valence-corrected chi connectivity index (χ2v) is 7.76. The Bertz CT molecular complexity index is 1420. The Balaban J connectivity index is 1.64. The standard InChI is InChI=1S/C24H16F2N4O4/c25-17-8-2-1-5-14(17)11-18-23-28-19(12-15-6-4-10-34-15)24(31)29(23)21(13-27-18)16-7-3-9-20(22(16)26)30(32)33/h1-10,13,19H,11-12H2/p+1. The summed E-state index contributed by atoms with van der Waals surface area (Å²) >= 11 is 0. The lowest BCUT2D eigenvalue weighted by molar-refractivity contribution is -0.541. The smallest absolute Gasteiger partial charge is 0.360 e. The number of fused-ring (bicyclic) bond motifs is 1. The first-order valence-electron chi connectivity index (χ1n) is 10.4. The van der Waals surface area contributed by atoms with Gasteiger partial charge in [-0.2, -0.15) is 8.96 Å². The maximum absolute atomic E-state index is 15.0. The Morgan fingerprint density at radius 2 is 1.94 bits per heavy atom. The number of carbonyl (C=O) groups is 1. The van der Waals surface area contributed by atoms with Crippen LogP contribution in [0.5, 0.6) is 0 Å². The molecule has 1 unspecified atom stereocenters. The molecule has 2 aromatic carbocycles. The topological polar surface area (TPSA) is 102 Å². The lowest BCUT2D eigenvalue weighted by Crippen LogP contribution is -2.46. The van der Waals surface area contributed by atoms with Crippen LogP contribution < -0.4 is 9.88 Å². The first kappa shape index (κ1) is 21.4. The maximum Gasteiger partial charge on any atom is 0.360 e. The molecule has 0 radical (unpaired) electrons. The molecule has 8 nitrogen and oxygen atoms in total. The minimum atomic E-state index is -1.08. The van der Waals surface area contributed by atoms with Crippen molar-refractivity contribution in [3.05, 3.63) is 106 Å². The summed E-state index contributed by atoms with van der Waals surface area (Å²) in [4.78, 5) is 28.2. The summed E-state index contributed by atoms with van der Waals surface area (Å²) in [7, 11) is 0. The Morgan fingerprint density at radius 1 is 1.12 bits per heavy atom. The Kier molecular flexibility index (Phi) is 5.33. The molecule has 1 N–H and O–H groups in total. The van der Waals surface area contributed by atoms with Gasteiger partial charge in [0, 0.05) is 12.5 Å². The molecule has 0 bridgehead atoms. The molecule has 0 spiro atoms. The molecule has 34 heavy (non-hydrogen) atoms. The van der Waals surface area contributed by atoms with Crippen LogP contribution in [-0.4, -0.2) is 21.9 Å². The van der Waals surface area contributed by atoms with Gasteiger partial charge in [0.25, 0.3) is 0 Å². The van der Waals surface area contributed by atoms with Gasteiger partial charge in [-0.05, 0) is 29.8 Å². The van der Waals surface area contributed by atoms with E-state index < -0.39 is 34.2 Å². The molecule has 1 aliphatic heterocycles. The third-order valence-electron chi connectivity index (χ3n) is 5.66. The number of nitro groups is 1. The number of halogens is 2. The van der Waals surface area contributed by atoms with Crippen LogP contribution in [0.2, 0.25) is 0 Å². The summed E-state index contributed by atoms with van der Waals surface area (Å²) in [5.41, 5.74) is -0.0688. The molecule has 3 heterocycles. The fraction of sp³-hybridized carbons (Fsp3) is 0.125. The number of nitrogens with one attached hydrogen (secondary N) is 1. The van der Waals surface area contributed by atoms with E-state index in [-0.39, 0.29) is 29.9 Å². The number of nitro benzene ring substituents is 1. The van der Waals surface area contributed by atoms with E-state index in [1.54, 1.807) is 30.3 Å². The third kappa shape index (κ3) is 3.68. The number of rotatable bonds is 6. The normalized spacial score (nSPS) is 14.6. The zero-order chi connectivity index (χ0) is 23.8. The number of hydrogen-bond acceptors (Lipinski definition) is 6. The second kappa shape index (κ2) is 8.47.